The highest BCUT2D eigenvalue weighted by Crippen LogP contribution is 2.33. The number of aromatic nitrogens is 3. The molecule has 1 N–H and O–H groups in total. The summed E-state index contributed by atoms with van der Waals surface area (Å²) in [6.07, 6.45) is 5.85. The van der Waals surface area contributed by atoms with Crippen LogP contribution in [-0.2, 0) is 11.3 Å². The van der Waals surface area contributed by atoms with Gasteiger partial charge < -0.3 is 10.0 Å². The highest BCUT2D eigenvalue weighted by Gasteiger charge is 2.41. The molecule has 0 unspecified atom stereocenters. The van der Waals surface area contributed by atoms with Gasteiger partial charge in [0.05, 0.1) is 17.7 Å². The summed E-state index contributed by atoms with van der Waals surface area (Å²) in [4.78, 5) is 30.3. The summed E-state index contributed by atoms with van der Waals surface area (Å²) in [6.45, 7) is 5.26. The molecule has 7 nitrogen and oxygen atoms in total. The maximum absolute atomic E-state index is 12.9. The van der Waals surface area contributed by atoms with Gasteiger partial charge in [0, 0.05) is 43.6 Å². The highest BCUT2D eigenvalue weighted by molar-refractivity contribution is 5.95. The van der Waals surface area contributed by atoms with Gasteiger partial charge in [-0.2, -0.15) is 5.10 Å². The first kappa shape index (κ1) is 17.1. The minimum absolute atomic E-state index is 0.155. The first-order valence-corrected chi connectivity index (χ1v) is 8.47. The van der Waals surface area contributed by atoms with Gasteiger partial charge in [0.25, 0.3) is 5.91 Å². The van der Waals surface area contributed by atoms with E-state index in [0.717, 1.165) is 24.2 Å². The van der Waals surface area contributed by atoms with Crippen LogP contribution in [0, 0.1) is 12.8 Å². The molecular weight excluding hydrogens is 320 g/mol. The van der Waals surface area contributed by atoms with Crippen LogP contribution in [0.15, 0.2) is 30.7 Å². The zero-order valence-electron chi connectivity index (χ0n) is 14.4. The van der Waals surface area contributed by atoms with Crippen LogP contribution in [0.2, 0.25) is 0 Å². The Morgan fingerprint density at radius 1 is 1.32 bits per heavy atom. The molecule has 0 aliphatic carbocycles. The van der Waals surface area contributed by atoms with E-state index in [-0.39, 0.29) is 18.4 Å². The maximum atomic E-state index is 12.9. The van der Waals surface area contributed by atoms with Crippen molar-refractivity contribution in [3.05, 3.63) is 47.5 Å². The number of hydrogen-bond acceptors (Lipinski definition) is 4. The van der Waals surface area contributed by atoms with Gasteiger partial charge in [0.1, 0.15) is 0 Å². The van der Waals surface area contributed by atoms with Crippen LogP contribution in [0.5, 0.6) is 0 Å². The van der Waals surface area contributed by atoms with Gasteiger partial charge in [-0.15, -0.1) is 0 Å². The molecule has 1 aliphatic rings. The monoisotopic (exact) mass is 342 g/mol. The molecule has 0 saturated carbocycles. The lowest BCUT2D eigenvalue weighted by molar-refractivity contribution is -0.141. The molecule has 1 fully saturated rings. The molecule has 2 aromatic heterocycles. The van der Waals surface area contributed by atoms with Gasteiger partial charge >= 0.3 is 5.97 Å². The third-order valence-electron chi connectivity index (χ3n) is 4.81. The Hall–Kier alpha value is -2.70. The lowest BCUT2D eigenvalue weighted by Crippen LogP contribution is -2.30. The summed E-state index contributed by atoms with van der Waals surface area (Å²) < 4.78 is 1.82. The predicted octanol–water partition coefficient (Wildman–Crippen LogP) is 1.94. The van der Waals surface area contributed by atoms with Crippen LogP contribution >= 0.6 is 0 Å². The van der Waals surface area contributed by atoms with E-state index in [0.29, 0.717) is 12.1 Å². The SMILES string of the molecule is CCCn1ncc(C(=O)N2C[C@H](C(=O)O)[C@@H](c3cccnc3)C2)c1C. The Morgan fingerprint density at radius 2 is 2.12 bits per heavy atom. The molecule has 3 heterocycles. The lowest BCUT2D eigenvalue weighted by atomic mass is 9.90. The quantitative estimate of drug-likeness (QED) is 0.897. The number of aryl methyl sites for hydroxylation is 1. The maximum Gasteiger partial charge on any atom is 0.308 e. The molecule has 1 aliphatic heterocycles. The summed E-state index contributed by atoms with van der Waals surface area (Å²) in [5, 5.41) is 13.8. The van der Waals surface area contributed by atoms with E-state index >= 15 is 0 Å². The van der Waals surface area contributed by atoms with E-state index < -0.39 is 11.9 Å². The average molecular weight is 342 g/mol. The Kier molecular flexibility index (Phi) is 4.83. The number of amides is 1. The van der Waals surface area contributed by atoms with Gasteiger partial charge in [0.2, 0.25) is 0 Å². The predicted molar refractivity (Wildman–Crippen MR) is 91.3 cm³/mol. The molecular formula is C18H22N4O3. The van der Waals surface area contributed by atoms with Gasteiger partial charge in [0.15, 0.2) is 0 Å². The highest BCUT2D eigenvalue weighted by atomic mass is 16.4. The standard InChI is InChI=1S/C18H22N4O3/c1-3-7-22-12(2)14(9-20-22)17(23)21-10-15(16(11-21)18(24)25)13-5-4-6-19-8-13/h4-6,8-9,15-16H,3,7,10-11H2,1-2H3,(H,24,25)/t15-,16+/m1/s1. The topological polar surface area (TPSA) is 88.3 Å². The molecule has 1 amide bonds. The number of aliphatic carboxylic acids is 1. The fraction of sp³-hybridized carbons (Fsp3) is 0.444. The van der Waals surface area contributed by atoms with Crippen molar-refractivity contribution >= 4 is 11.9 Å². The minimum atomic E-state index is -0.887. The average Bonchev–Trinajstić information content (AvgIpc) is 3.21. The van der Waals surface area contributed by atoms with Crippen molar-refractivity contribution in [1.29, 1.82) is 0 Å². The van der Waals surface area contributed by atoms with Crippen LogP contribution in [-0.4, -0.2) is 49.7 Å². The van der Waals surface area contributed by atoms with Crippen LogP contribution in [0.3, 0.4) is 0 Å². The number of pyridine rings is 1. The molecule has 2 aromatic rings. The largest absolute Gasteiger partial charge is 0.481 e. The zero-order chi connectivity index (χ0) is 18.0. The Labute approximate surface area is 146 Å². The van der Waals surface area contributed by atoms with Crippen LogP contribution in [0.4, 0.5) is 0 Å². The number of hydrogen-bond donors (Lipinski definition) is 1. The second-order valence-electron chi connectivity index (χ2n) is 6.41. The fourth-order valence-electron chi connectivity index (χ4n) is 3.42. The molecule has 132 valence electrons. The van der Waals surface area contributed by atoms with Crippen LogP contribution in [0.25, 0.3) is 0 Å². The summed E-state index contributed by atoms with van der Waals surface area (Å²) in [6, 6.07) is 3.66. The van der Waals surface area contributed by atoms with Crippen molar-refractivity contribution in [1.82, 2.24) is 19.7 Å². The molecule has 0 aromatic carbocycles. The summed E-state index contributed by atoms with van der Waals surface area (Å²) in [7, 11) is 0. The summed E-state index contributed by atoms with van der Waals surface area (Å²) >= 11 is 0. The van der Waals surface area contributed by atoms with Gasteiger partial charge in [-0.05, 0) is 25.0 Å². The van der Waals surface area contributed by atoms with Crippen molar-refractivity contribution in [3.8, 4) is 0 Å². The second kappa shape index (κ2) is 7.04. The lowest BCUT2D eigenvalue weighted by Gasteiger charge is -2.16. The summed E-state index contributed by atoms with van der Waals surface area (Å²) in [5.41, 5.74) is 2.22. The van der Waals surface area contributed by atoms with Crippen LogP contribution in [0.1, 0.15) is 40.9 Å². The number of rotatable bonds is 5. The van der Waals surface area contributed by atoms with E-state index in [1.54, 1.807) is 29.6 Å². The normalized spacial score (nSPS) is 20.0. The molecule has 1 saturated heterocycles. The minimum Gasteiger partial charge on any atom is -0.481 e. The third kappa shape index (κ3) is 3.26. The zero-order valence-corrected chi connectivity index (χ0v) is 14.4. The first-order valence-electron chi connectivity index (χ1n) is 8.47. The van der Waals surface area contributed by atoms with E-state index in [9.17, 15) is 14.7 Å². The van der Waals surface area contributed by atoms with Crippen LogP contribution < -0.4 is 0 Å². The van der Waals surface area contributed by atoms with Crippen molar-refractivity contribution < 1.29 is 14.7 Å². The molecule has 2 atom stereocenters. The van der Waals surface area contributed by atoms with E-state index in [1.807, 2.05) is 17.7 Å². The van der Waals surface area contributed by atoms with Gasteiger partial charge in [-0.3, -0.25) is 19.3 Å². The Bertz CT molecular complexity index is 772. The van der Waals surface area contributed by atoms with Crippen molar-refractivity contribution in [3.63, 3.8) is 0 Å². The second-order valence-corrected chi connectivity index (χ2v) is 6.41. The van der Waals surface area contributed by atoms with E-state index in [1.165, 1.54) is 0 Å². The molecule has 0 spiro atoms. The van der Waals surface area contributed by atoms with E-state index in [4.69, 9.17) is 0 Å². The van der Waals surface area contributed by atoms with Gasteiger partial charge in [-0.1, -0.05) is 13.0 Å². The fourth-order valence-corrected chi connectivity index (χ4v) is 3.42. The number of carboxylic acid groups (broad SMARTS) is 1. The summed E-state index contributed by atoms with van der Waals surface area (Å²) in [5.74, 6) is -1.92. The van der Waals surface area contributed by atoms with Crippen molar-refractivity contribution in [2.75, 3.05) is 13.1 Å². The Balaban J connectivity index is 1.84. The number of likely N-dealkylation sites (tertiary alicyclic amines) is 1. The number of carboxylic acids is 1. The molecule has 7 heteroatoms. The van der Waals surface area contributed by atoms with Gasteiger partial charge in [-0.25, -0.2) is 0 Å². The number of carbonyl (C=O) groups is 2. The van der Waals surface area contributed by atoms with Crippen molar-refractivity contribution in [2.24, 2.45) is 5.92 Å². The molecule has 3 rings (SSSR count). The number of nitrogens with zero attached hydrogens (tertiary/aromatic N) is 4. The number of carbonyl (C=O) groups excluding carboxylic acids is 1. The smallest absolute Gasteiger partial charge is 0.308 e. The first-order chi connectivity index (χ1) is 12.0. The van der Waals surface area contributed by atoms with Crippen molar-refractivity contribution in [2.45, 2.75) is 32.7 Å². The molecule has 25 heavy (non-hydrogen) atoms. The molecule has 0 bridgehead atoms. The third-order valence-corrected chi connectivity index (χ3v) is 4.81. The van der Waals surface area contributed by atoms with E-state index in [2.05, 4.69) is 17.0 Å². The Morgan fingerprint density at radius 3 is 2.76 bits per heavy atom. The molecule has 0 radical (unpaired) electrons.